The van der Waals surface area contributed by atoms with Gasteiger partial charge in [0.15, 0.2) is 0 Å². The number of aromatic nitrogens is 2. The van der Waals surface area contributed by atoms with E-state index in [9.17, 15) is 14.7 Å². The van der Waals surface area contributed by atoms with Gasteiger partial charge in [-0.2, -0.15) is 5.10 Å². The first-order valence-electron chi connectivity index (χ1n) is 9.25. The van der Waals surface area contributed by atoms with Crippen LogP contribution in [0.3, 0.4) is 0 Å². The van der Waals surface area contributed by atoms with Crippen molar-refractivity contribution < 1.29 is 14.7 Å². The van der Waals surface area contributed by atoms with E-state index in [0.717, 1.165) is 32.0 Å². The monoisotopic (exact) mass is 493 g/mol. The molecule has 0 spiro atoms. The molecule has 6 nitrogen and oxygen atoms in total. The fraction of sp³-hybridized carbons (Fsp3) is 0.190. The van der Waals surface area contributed by atoms with Crippen LogP contribution in [0.1, 0.15) is 32.2 Å². The number of carbonyl (C=O) groups is 2. The number of aromatic carboxylic acids is 1. The van der Waals surface area contributed by atoms with Crippen LogP contribution in [0.25, 0.3) is 15.1 Å². The van der Waals surface area contributed by atoms with Gasteiger partial charge in [0.1, 0.15) is 4.88 Å². The molecule has 0 unspecified atom stereocenters. The van der Waals surface area contributed by atoms with Crippen LogP contribution in [0.2, 0.25) is 10.0 Å². The molecule has 160 valence electrons. The van der Waals surface area contributed by atoms with E-state index in [1.807, 2.05) is 31.4 Å². The molecule has 0 atom stereocenters. The van der Waals surface area contributed by atoms with E-state index < -0.39 is 5.97 Å². The molecule has 0 aliphatic heterocycles. The van der Waals surface area contributed by atoms with Crippen molar-refractivity contribution in [1.82, 2.24) is 15.1 Å². The van der Waals surface area contributed by atoms with E-state index in [-0.39, 0.29) is 23.7 Å². The fourth-order valence-electron chi connectivity index (χ4n) is 3.41. The SMILES string of the molecule is Cc1nn(-c2ccc(Cl)c(Cl)c2)c(C)c1CC(=O)NCc1c(C(=O)O)sc2ccsc12. The Bertz CT molecular complexity index is 1320. The van der Waals surface area contributed by atoms with Crippen LogP contribution in [0, 0.1) is 13.8 Å². The Morgan fingerprint density at radius 3 is 2.65 bits per heavy atom. The first-order chi connectivity index (χ1) is 14.8. The standard InChI is InChI=1S/C21H17Cl2N3O3S2/c1-10-13(11(2)26(25-10)12-3-4-15(22)16(23)7-12)8-18(27)24-9-14-19-17(5-6-30-19)31-20(14)21(28)29/h3-7H,8-9H2,1-2H3,(H,24,27)(H,28,29). The van der Waals surface area contributed by atoms with Crippen molar-refractivity contribution in [1.29, 1.82) is 0 Å². The van der Waals surface area contributed by atoms with E-state index in [1.165, 1.54) is 22.7 Å². The van der Waals surface area contributed by atoms with Gasteiger partial charge in [-0.05, 0) is 43.5 Å². The van der Waals surface area contributed by atoms with Crippen LogP contribution in [-0.2, 0) is 17.8 Å². The number of thiophene rings is 2. The zero-order valence-electron chi connectivity index (χ0n) is 16.5. The minimum absolute atomic E-state index is 0.138. The van der Waals surface area contributed by atoms with E-state index in [1.54, 1.807) is 16.8 Å². The molecule has 31 heavy (non-hydrogen) atoms. The smallest absolute Gasteiger partial charge is 0.346 e. The van der Waals surface area contributed by atoms with Crippen LogP contribution in [0.5, 0.6) is 0 Å². The van der Waals surface area contributed by atoms with Gasteiger partial charge in [0.05, 0.1) is 32.5 Å². The second-order valence-corrected chi connectivity index (χ2v) is 9.72. The molecule has 2 N–H and O–H groups in total. The third-order valence-corrected chi connectivity index (χ3v) is 8.00. The summed E-state index contributed by atoms with van der Waals surface area (Å²) in [5, 5.41) is 19.7. The maximum Gasteiger partial charge on any atom is 0.346 e. The average molecular weight is 494 g/mol. The molecule has 3 aromatic heterocycles. The molecule has 1 aromatic carbocycles. The summed E-state index contributed by atoms with van der Waals surface area (Å²) in [5.41, 5.74) is 3.78. The molecule has 4 aromatic rings. The van der Waals surface area contributed by atoms with Gasteiger partial charge in [-0.25, -0.2) is 9.48 Å². The van der Waals surface area contributed by atoms with E-state index in [4.69, 9.17) is 23.2 Å². The third kappa shape index (κ3) is 4.21. The first kappa shape index (κ1) is 21.8. The number of nitrogens with one attached hydrogen (secondary N) is 1. The van der Waals surface area contributed by atoms with Gasteiger partial charge in [-0.15, -0.1) is 22.7 Å². The van der Waals surface area contributed by atoms with Gasteiger partial charge in [-0.1, -0.05) is 23.2 Å². The molecule has 0 bridgehead atoms. The Kier molecular flexibility index (Phi) is 6.07. The van der Waals surface area contributed by atoms with Crippen molar-refractivity contribution in [2.24, 2.45) is 0 Å². The highest BCUT2D eigenvalue weighted by molar-refractivity contribution is 7.28. The Labute approximate surface area is 196 Å². The normalized spacial score (nSPS) is 11.2. The maximum atomic E-state index is 12.7. The summed E-state index contributed by atoms with van der Waals surface area (Å²) in [4.78, 5) is 24.5. The second-order valence-electron chi connectivity index (χ2n) is 6.94. The van der Waals surface area contributed by atoms with Crippen LogP contribution >= 0.6 is 45.9 Å². The molecule has 10 heteroatoms. The number of carbonyl (C=O) groups excluding carboxylic acids is 1. The average Bonchev–Trinajstić information content (AvgIpc) is 3.38. The van der Waals surface area contributed by atoms with Gasteiger partial charge >= 0.3 is 5.97 Å². The van der Waals surface area contributed by atoms with Gasteiger partial charge in [0.25, 0.3) is 0 Å². The highest BCUT2D eigenvalue weighted by Crippen LogP contribution is 2.35. The Balaban J connectivity index is 1.53. The van der Waals surface area contributed by atoms with Crippen LogP contribution in [0.4, 0.5) is 0 Å². The number of halogens is 2. The summed E-state index contributed by atoms with van der Waals surface area (Å²) in [6.45, 7) is 3.90. The van der Waals surface area contributed by atoms with E-state index in [0.29, 0.717) is 15.6 Å². The number of benzene rings is 1. The zero-order valence-corrected chi connectivity index (χ0v) is 19.7. The molecule has 0 saturated carbocycles. The number of hydrogen-bond acceptors (Lipinski definition) is 5. The predicted octanol–water partition coefficient (Wildman–Crippen LogP) is 5.63. The topological polar surface area (TPSA) is 84.2 Å². The maximum absolute atomic E-state index is 12.7. The highest BCUT2D eigenvalue weighted by atomic mass is 35.5. The Morgan fingerprint density at radius 2 is 1.94 bits per heavy atom. The summed E-state index contributed by atoms with van der Waals surface area (Å²) in [6.07, 6.45) is 0.138. The number of hydrogen-bond donors (Lipinski definition) is 2. The van der Waals surface area contributed by atoms with Crippen molar-refractivity contribution >= 4 is 67.2 Å². The van der Waals surface area contributed by atoms with Crippen LogP contribution < -0.4 is 5.32 Å². The molecule has 4 rings (SSSR count). The summed E-state index contributed by atoms with van der Waals surface area (Å²) >= 11 is 14.8. The summed E-state index contributed by atoms with van der Waals surface area (Å²) in [5.74, 6) is -1.18. The van der Waals surface area contributed by atoms with Crippen molar-refractivity contribution in [3.63, 3.8) is 0 Å². The number of carboxylic acids is 1. The largest absolute Gasteiger partial charge is 0.477 e. The van der Waals surface area contributed by atoms with Crippen molar-refractivity contribution in [2.75, 3.05) is 0 Å². The van der Waals surface area contributed by atoms with Crippen molar-refractivity contribution in [3.8, 4) is 5.69 Å². The number of amides is 1. The molecule has 0 aliphatic rings. The molecule has 3 heterocycles. The first-order valence-corrected chi connectivity index (χ1v) is 11.7. The number of nitrogens with zero attached hydrogens (tertiary/aromatic N) is 2. The van der Waals surface area contributed by atoms with Crippen molar-refractivity contribution in [2.45, 2.75) is 26.8 Å². The number of fused-ring (bicyclic) bond motifs is 1. The van der Waals surface area contributed by atoms with Gasteiger partial charge in [0, 0.05) is 28.1 Å². The molecule has 0 radical (unpaired) electrons. The number of rotatable bonds is 6. The van der Waals surface area contributed by atoms with Crippen LogP contribution in [-0.4, -0.2) is 26.8 Å². The zero-order chi connectivity index (χ0) is 22.3. The third-order valence-electron chi connectivity index (χ3n) is 4.97. The fourth-order valence-corrected chi connectivity index (χ4v) is 5.92. The minimum atomic E-state index is -0.979. The Morgan fingerprint density at radius 1 is 1.16 bits per heavy atom. The van der Waals surface area contributed by atoms with Crippen LogP contribution in [0.15, 0.2) is 29.6 Å². The summed E-state index contributed by atoms with van der Waals surface area (Å²) in [7, 11) is 0. The van der Waals surface area contributed by atoms with E-state index in [2.05, 4.69) is 10.4 Å². The number of carboxylic acid groups (broad SMARTS) is 1. The molecule has 0 aliphatic carbocycles. The molecular formula is C21H17Cl2N3O3S2. The number of aryl methyl sites for hydroxylation is 1. The molecule has 0 saturated heterocycles. The quantitative estimate of drug-likeness (QED) is 0.364. The highest BCUT2D eigenvalue weighted by Gasteiger charge is 2.20. The molecule has 0 fully saturated rings. The second kappa shape index (κ2) is 8.63. The lowest BCUT2D eigenvalue weighted by atomic mass is 10.1. The predicted molar refractivity (Wildman–Crippen MR) is 125 cm³/mol. The lowest BCUT2D eigenvalue weighted by molar-refractivity contribution is -0.120. The van der Waals surface area contributed by atoms with Gasteiger partial charge in [0.2, 0.25) is 5.91 Å². The van der Waals surface area contributed by atoms with Crippen molar-refractivity contribution in [3.05, 3.63) is 67.1 Å². The lowest BCUT2D eigenvalue weighted by Gasteiger charge is -2.08. The summed E-state index contributed by atoms with van der Waals surface area (Å²) < 4.78 is 3.56. The van der Waals surface area contributed by atoms with Gasteiger partial charge < -0.3 is 10.4 Å². The lowest BCUT2D eigenvalue weighted by Crippen LogP contribution is -2.25. The molecule has 1 amide bonds. The Hall–Kier alpha value is -2.39. The summed E-state index contributed by atoms with van der Waals surface area (Å²) in [6, 6.07) is 7.14. The molecular weight excluding hydrogens is 477 g/mol. The minimum Gasteiger partial charge on any atom is -0.477 e. The van der Waals surface area contributed by atoms with Gasteiger partial charge in [-0.3, -0.25) is 4.79 Å². The van der Waals surface area contributed by atoms with E-state index >= 15 is 0 Å².